The summed E-state index contributed by atoms with van der Waals surface area (Å²) in [4.78, 5) is 0. The van der Waals surface area contributed by atoms with E-state index in [9.17, 15) is 20.4 Å². The third-order valence-electron chi connectivity index (χ3n) is 6.79. The van der Waals surface area contributed by atoms with Gasteiger partial charge in [-0.1, -0.05) is 36.4 Å². The Morgan fingerprint density at radius 1 is 0.472 bits per heavy atom. The van der Waals surface area contributed by atoms with Crippen molar-refractivity contribution < 1.29 is 29.9 Å². The third kappa shape index (κ3) is 4.26. The number of benzene rings is 4. The van der Waals surface area contributed by atoms with Crippen LogP contribution in [0.15, 0.2) is 60.7 Å². The van der Waals surface area contributed by atoms with Crippen LogP contribution in [0.4, 0.5) is 0 Å². The number of phenolic OH excluding ortho intramolecular Hbond substituents is 4. The molecular weight excluding hydrogens is 456 g/mol. The Morgan fingerprint density at radius 2 is 0.750 bits per heavy atom. The molecule has 0 saturated carbocycles. The highest BCUT2D eigenvalue weighted by Gasteiger charge is 2.20. The molecule has 6 heteroatoms. The molecule has 1 aliphatic carbocycles. The molecule has 1 aliphatic rings. The van der Waals surface area contributed by atoms with Crippen LogP contribution in [0.25, 0.3) is 0 Å². The molecule has 36 heavy (non-hydrogen) atoms. The molecule has 6 nitrogen and oxygen atoms in total. The average molecular weight is 485 g/mol. The first-order chi connectivity index (χ1) is 17.4. The van der Waals surface area contributed by atoms with Gasteiger partial charge in [0.05, 0.1) is 14.2 Å². The summed E-state index contributed by atoms with van der Waals surface area (Å²) in [5.74, 6) is 1.63. The van der Waals surface area contributed by atoms with E-state index < -0.39 is 0 Å². The Bertz CT molecular complexity index is 1250. The predicted octanol–water partition coefficient (Wildman–Crippen LogP) is 5.20. The van der Waals surface area contributed by atoms with Gasteiger partial charge < -0.3 is 29.9 Å². The molecule has 0 atom stereocenters. The molecule has 0 amide bonds. The standard InChI is InChI=1S/C30H28O6/c1-35-29-17-5-3-6-18(29)10-22-14-26(32)16-24(28(22)34)12-20-8-4-7-19(30(20)36-2)11-23-15-25(31)13-21(9-17)27(23)33/h3-8,13-16,31-34H,9-12H2,1-2H3. The van der Waals surface area contributed by atoms with Crippen molar-refractivity contribution in [2.24, 2.45) is 0 Å². The highest BCUT2D eigenvalue weighted by Crippen LogP contribution is 2.39. The van der Waals surface area contributed by atoms with Gasteiger partial charge in [-0.3, -0.25) is 0 Å². The van der Waals surface area contributed by atoms with Crippen LogP contribution >= 0.6 is 0 Å². The lowest BCUT2D eigenvalue weighted by Gasteiger charge is -2.19. The first-order valence-electron chi connectivity index (χ1n) is 11.7. The van der Waals surface area contributed by atoms with Crippen LogP contribution in [0, 0.1) is 0 Å². The van der Waals surface area contributed by atoms with Gasteiger partial charge in [0.2, 0.25) is 0 Å². The van der Waals surface area contributed by atoms with Crippen molar-refractivity contribution >= 4 is 0 Å². The maximum absolute atomic E-state index is 11.2. The van der Waals surface area contributed by atoms with Crippen molar-refractivity contribution in [3.05, 3.63) is 105 Å². The summed E-state index contributed by atoms with van der Waals surface area (Å²) in [6.07, 6.45) is 1.33. The second kappa shape index (κ2) is 9.38. The van der Waals surface area contributed by atoms with E-state index in [1.54, 1.807) is 38.5 Å². The smallest absolute Gasteiger partial charge is 0.125 e. The third-order valence-corrected chi connectivity index (χ3v) is 6.79. The van der Waals surface area contributed by atoms with Gasteiger partial charge in [-0.2, -0.15) is 0 Å². The highest BCUT2D eigenvalue weighted by atomic mass is 16.5. The van der Waals surface area contributed by atoms with Crippen molar-refractivity contribution in [2.75, 3.05) is 14.2 Å². The Morgan fingerprint density at radius 3 is 1.00 bits per heavy atom. The van der Waals surface area contributed by atoms with Crippen molar-refractivity contribution in [2.45, 2.75) is 25.7 Å². The minimum absolute atomic E-state index is 0.0690. The number of ether oxygens (including phenoxy) is 2. The van der Waals surface area contributed by atoms with Crippen LogP contribution in [-0.4, -0.2) is 34.6 Å². The lowest BCUT2D eigenvalue weighted by atomic mass is 9.91. The van der Waals surface area contributed by atoms with Gasteiger partial charge in [-0.15, -0.1) is 0 Å². The van der Waals surface area contributed by atoms with Crippen LogP contribution in [0.3, 0.4) is 0 Å². The van der Waals surface area contributed by atoms with Crippen molar-refractivity contribution in [1.29, 1.82) is 0 Å². The second-order valence-corrected chi connectivity index (χ2v) is 9.15. The quantitative estimate of drug-likeness (QED) is 0.257. The number of hydrogen-bond donors (Lipinski definition) is 4. The van der Waals surface area contributed by atoms with Crippen LogP contribution < -0.4 is 9.47 Å². The van der Waals surface area contributed by atoms with Crippen molar-refractivity contribution in [3.8, 4) is 34.5 Å². The first kappa shape index (κ1) is 23.4. The van der Waals surface area contributed by atoms with Crippen LogP contribution in [0.1, 0.15) is 44.5 Å². The molecular formula is C30H28O6. The second-order valence-electron chi connectivity index (χ2n) is 9.15. The number of rotatable bonds is 2. The van der Waals surface area contributed by atoms with E-state index >= 15 is 0 Å². The number of para-hydroxylation sites is 2. The number of fused-ring (bicyclic) bond motifs is 8. The molecule has 0 unspecified atom stereocenters. The maximum atomic E-state index is 11.2. The molecule has 4 aromatic rings. The molecule has 4 N–H and O–H groups in total. The van der Waals surface area contributed by atoms with Gasteiger partial charge in [0, 0.05) is 47.9 Å². The summed E-state index contributed by atoms with van der Waals surface area (Å²) < 4.78 is 11.5. The van der Waals surface area contributed by atoms with Gasteiger partial charge >= 0.3 is 0 Å². The Balaban J connectivity index is 1.77. The van der Waals surface area contributed by atoms with E-state index in [-0.39, 0.29) is 23.0 Å². The molecule has 0 fully saturated rings. The molecule has 0 aromatic heterocycles. The predicted molar refractivity (Wildman–Crippen MR) is 137 cm³/mol. The normalized spacial score (nSPS) is 12.7. The molecule has 4 aromatic carbocycles. The lowest BCUT2D eigenvalue weighted by molar-refractivity contribution is 0.403. The van der Waals surface area contributed by atoms with Crippen LogP contribution in [0.5, 0.6) is 34.5 Å². The molecule has 0 aliphatic heterocycles. The molecule has 0 saturated heterocycles. The summed E-state index contributed by atoms with van der Waals surface area (Å²) in [5, 5.41) is 43.4. The number of aromatic hydroxyl groups is 4. The zero-order valence-corrected chi connectivity index (χ0v) is 20.2. The van der Waals surface area contributed by atoms with E-state index in [2.05, 4.69) is 0 Å². The Labute approximate surface area is 209 Å². The van der Waals surface area contributed by atoms with Gasteiger partial charge in [0.15, 0.2) is 0 Å². The number of hydrogen-bond acceptors (Lipinski definition) is 6. The highest BCUT2D eigenvalue weighted by molar-refractivity contribution is 5.57. The van der Waals surface area contributed by atoms with E-state index in [1.165, 1.54) is 0 Å². The largest absolute Gasteiger partial charge is 0.508 e. The van der Waals surface area contributed by atoms with Gasteiger partial charge in [-0.05, 0) is 46.5 Å². The van der Waals surface area contributed by atoms with Crippen molar-refractivity contribution in [3.63, 3.8) is 0 Å². The summed E-state index contributed by atoms with van der Waals surface area (Å²) in [6, 6.07) is 17.7. The lowest BCUT2D eigenvalue weighted by Crippen LogP contribution is -2.04. The molecule has 5 rings (SSSR count). The van der Waals surface area contributed by atoms with Crippen LogP contribution in [0.2, 0.25) is 0 Å². The fraction of sp³-hybridized carbons (Fsp3) is 0.200. The van der Waals surface area contributed by atoms with E-state index in [4.69, 9.17) is 9.47 Å². The van der Waals surface area contributed by atoms with Crippen LogP contribution in [-0.2, 0) is 25.7 Å². The molecule has 0 radical (unpaired) electrons. The molecule has 0 spiro atoms. The van der Waals surface area contributed by atoms with Gasteiger partial charge in [0.1, 0.15) is 34.5 Å². The zero-order chi connectivity index (χ0) is 25.4. The van der Waals surface area contributed by atoms with Crippen molar-refractivity contribution in [1.82, 2.24) is 0 Å². The number of methoxy groups -OCH3 is 2. The fourth-order valence-corrected chi connectivity index (χ4v) is 5.20. The van der Waals surface area contributed by atoms with E-state index in [1.807, 2.05) is 36.4 Å². The average Bonchev–Trinajstić information content (AvgIpc) is 2.84. The summed E-state index contributed by atoms with van der Waals surface area (Å²) in [6.45, 7) is 0. The summed E-state index contributed by atoms with van der Waals surface area (Å²) >= 11 is 0. The molecule has 184 valence electrons. The Hall–Kier alpha value is -4.32. The first-order valence-corrected chi connectivity index (χ1v) is 11.7. The molecule has 0 heterocycles. The van der Waals surface area contributed by atoms with E-state index in [0.29, 0.717) is 59.4 Å². The summed E-state index contributed by atoms with van der Waals surface area (Å²) in [7, 11) is 3.17. The zero-order valence-electron chi connectivity index (χ0n) is 20.2. The van der Waals surface area contributed by atoms with Gasteiger partial charge in [0.25, 0.3) is 0 Å². The fourth-order valence-electron chi connectivity index (χ4n) is 5.20. The topological polar surface area (TPSA) is 99.4 Å². The summed E-state index contributed by atoms with van der Waals surface area (Å²) in [5.41, 5.74) is 5.61. The SMILES string of the molecule is COc1c2cccc1Cc1cc(O)cc(c1O)Cc1cccc(c1OC)Cc1cc(O)cc(c1O)C2. The minimum Gasteiger partial charge on any atom is -0.508 e. The van der Waals surface area contributed by atoms with Gasteiger partial charge in [-0.25, -0.2) is 0 Å². The Kier molecular flexibility index (Phi) is 6.10. The maximum Gasteiger partial charge on any atom is 0.125 e. The minimum atomic E-state index is 0.0690. The van der Waals surface area contributed by atoms with E-state index in [0.717, 1.165) is 22.3 Å². The monoisotopic (exact) mass is 484 g/mol. The number of phenols is 4. The molecule has 8 bridgehead atoms.